The molecular formula is C65H131N2O6P. The lowest BCUT2D eigenvalue weighted by molar-refractivity contribution is -0.870. The molecule has 0 rings (SSSR count). The van der Waals surface area contributed by atoms with Gasteiger partial charge in [0.25, 0.3) is 7.82 Å². The number of carbonyl (C=O) groups is 1. The zero-order chi connectivity index (χ0) is 54.2. The van der Waals surface area contributed by atoms with Gasteiger partial charge in [0.1, 0.15) is 13.2 Å². The molecule has 2 N–H and O–H groups in total. The van der Waals surface area contributed by atoms with Crippen molar-refractivity contribution < 1.29 is 32.9 Å². The third kappa shape index (κ3) is 58.9. The molecule has 9 heteroatoms. The molecule has 0 aliphatic heterocycles. The molecule has 0 fully saturated rings. The Morgan fingerprint density at radius 2 is 0.743 bits per heavy atom. The van der Waals surface area contributed by atoms with E-state index in [9.17, 15) is 19.4 Å². The number of rotatable bonds is 62. The molecule has 0 aliphatic rings. The first-order chi connectivity index (χ1) is 36.0. The second-order valence-corrected chi connectivity index (χ2v) is 25.6. The highest BCUT2D eigenvalue weighted by molar-refractivity contribution is 7.45. The lowest BCUT2D eigenvalue weighted by Crippen LogP contribution is -2.46. The van der Waals surface area contributed by atoms with Gasteiger partial charge in [-0.1, -0.05) is 315 Å². The second kappa shape index (κ2) is 56.9. The number of unbranched alkanes of at least 4 members (excludes halogenated alkanes) is 47. The number of aliphatic hydroxyl groups is 1. The van der Waals surface area contributed by atoms with Crippen molar-refractivity contribution in [2.75, 3.05) is 40.9 Å². The van der Waals surface area contributed by atoms with E-state index < -0.39 is 20.0 Å². The predicted octanol–water partition coefficient (Wildman–Crippen LogP) is 19.9. The van der Waals surface area contributed by atoms with Crippen LogP contribution in [0, 0.1) is 0 Å². The van der Waals surface area contributed by atoms with Crippen LogP contribution < -0.4 is 10.2 Å². The summed E-state index contributed by atoms with van der Waals surface area (Å²) in [6.07, 6.45) is 71.3. The Bertz CT molecular complexity index is 1210. The largest absolute Gasteiger partial charge is 0.756 e. The van der Waals surface area contributed by atoms with Crippen LogP contribution >= 0.6 is 7.82 Å². The summed E-state index contributed by atoms with van der Waals surface area (Å²) in [4.78, 5) is 25.6. The van der Waals surface area contributed by atoms with Crippen LogP contribution in [0.4, 0.5) is 0 Å². The fourth-order valence-corrected chi connectivity index (χ4v) is 11.1. The van der Waals surface area contributed by atoms with Crippen LogP contribution in [0.5, 0.6) is 0 Å². The average Bonchev–Trinajstić information content (AvgIpc) is 3.36. The van der Waals surface area contributed by atoms with Crippen LogP contribution in [0.3, 0.4) is 0 Å². The minimum absolute atomic E-state index is 0.0149. The van der Waals surface area contributed by atoms with Crippen molar-refractivity contribution in [3.8, 4) is 0 Å². The Kier molecular flexibility index (Phi) is 56.4. The molecule has 0 heterocycles. The maximum Gasteiger partial charge on any atom is 0.268 e. The molecule has 0 saturated carbocycles. The second-order valence-electron chi connectivity index (χ2n) is 24.2. The number of phosphoric ester groups is 1. The lowest BCUT2D eigenvalue weighted by atomic mass is 10.0. The quantitative estimate of drug-likeness (QED) is 0.0272. The topological polar surface area (TPSA) is 108 Å². The molecule has 0 saturated heterocycles. The van der Waals surface area contributed by atoms with Crippen LogP contribution in [0.15, 0.2) is 12.2 Å². The zero-order valence-electron chi connectivity index (χ0n) is 50.6. The van der Waals surface area contributed by atoms with Crippen molar-refractivity contribution >= 4 is 13.7 Å². The zero-order valence-corrected chi connectivity index (χ0v) is 51.5. The first-order valence-electron chi connectivity index (χ1n) is 33.0. The molecule has 0 spiro atoms. The predicted molar refractivity (Wildman–Crippen MR) is 321 cm³/mol. The van der Waals surface area contributed by atoms with Crippen LogP contribution in [-0.4, -0.2) is 68.5 Å². The highest BCUT2D eigenvalue weighted by atomic mass is 31.2. The maximum absolute atomic E-state index is 13.0. The molecule has 8 nitrogen and oxygen atoms in total. The number of nitrogens with one attached hydrogen (secondary N) is 1. The Morgan fingerprint density at radius 3 is 1.05 bits per heavy atom. The van der Waals surface area contributed by atoms with Crippen LogP contribution in [0.2, 0.25) is 0 Å². The van der Waals surface area contributed by atoms with E-state index in [1.165, 1.54) is 283 Å². The van der Waals surface area contributed by atoms with Crippen molar-refractivity contribution in [3.05, 3.63) is 12.2 Å². The third-order valence-electron chi connectivity index (χ3n) is 15.5. The summed E-state index contributed by atoms with van der Waals surface area (Å²) in [6.45, 7) is 4.78. The Balaban J connectivity index is 4.04. The highest BCUT2D eigenvalue weighted by Crippen LogP contribution is 2.38. The smallest absolute Gasteiger partial charge is 0.268 e. The fraction of sp³-hybridized carbons (Fsp3) is 0.954. The van der Waals surface area contributed by atoms with Gasteiger partial charge in [0.05, 0.1) is 39.9 Å². The molecule has 3 unspecified atom stereocenters. The molecule has 3 atom stereocenters. The molecule has 0 aliphatic carbocycles. The van der Waals surface area contributed by atoms with Crippen molar-refractivity contribution in [1.29, 1.82) is 0 Å². The lowest BCUT2D eigenvalue weighted by Gasteiger charge is -2.30. The summed E-state index contributed by atoms with van der Waals surface area (Å²) in [5.41, 5.74) is 0. The first kappa shape index (κ1) is 73.2. The molecule has 0 radical (unpaired) electrons. The number of likely N-dealkylation sites (N-methyl/N-ethyl adjacent to an activating group) is 1. The summed E-state index contributed by atoms with van der Waals surface area (Å²) < 4.78 is 23.5. The standard InChI is InChI=1S/C65H131N2O6P/c1-6-8-10-12-14-16-18-20-22-24-26-28-30-31-32-33-34-35-37-38-40-42-44-46-48-50-52-54-56-58-64(68)63(62-73-74(70,71)72-61-60-67(3,4)5)66-65(69)59-57-55-53-51-49-47-45-43-41-39-36-29-27-25-23-21-19-17-15-13-11-9-7-2/h25,27,63-64,68H,6-24,26,28-62H2,1-5H3,(H-,66,69,70,71)/b27-25-. The number of carbonyl (C=O) groups excluding carboxylic acids is 1. The van der Waals surface area contributed by atoms with Gasteiger partial charge in [-0.2, -0.15) is 0 Å². The summed E-state index contributed by atoms with van der Waals surface area (Å²) in [5, 5.41) is 14.1. The van der Waals surface area contributed by atoms with Crippen molar-refractivity contribution in [1.82, 2.24) is 5.32 Å². The van der Waals surface area contributed by atoms with E-state index in [0.717, 1.165) is 38.5 Å². The number of nitrogens with zero attached hydrogens (tertiary/aromatic N) is 1. The summed E-state index contributed by atoms with van der Waals surface area (Å²) in [6, 6.07) is -0.799. The van der Waals surface area contributed by atoms with Gasteiger partial charge in [0, 0.05) is 6.42 Å². The minimum atomic E-state index is -4.58. The normalized spacial score (nSPS) is 13.8. The monoisotopic (exact) mass is 1070 g/mol. The van der Waals surface area contributed by atoms with Gasteiger partial charge in [0.15, 0.2) is 0 Å². The van der Waals surface area contributed by atoms with E-state index in [4.69, 9.17) is 9.05 Å². The first-order valence-corrected chi connectivity index (χ1v) is 34.5. The summed E-state index contributed by atoms with van der Waals surface area (Å²) in [5.74, 6) is -0.158. The Labute approximate surface area is 462 Å². The fourth-order valence-electron chi connectivity index (χ4n) is 10.3. The molecular weight excluding hydrogens is 936 g/mol. The molecule has 0 aromatic rings. The molecule has 0 bridgehead atoms. The van der Waals surface area contributed by atoms with Crippen LogP contribution in [0.25, 0.3) is 0 Å². The summed E-state index contributed by atoms with van der Waals surface area (Å²) in [7, 11) is 1.32. The number of hydrogen-bond donors (Lipinski definition) is 2. The van der Waals surface area contributed by atoms with E-state index in [2.05, 4.69) is 31.3 Å². The van der Waals surface area contributed by atoms with Gasteiger partial charge >= 0.3 is 0 Å². The maximum atomic E-state index is 13.0. The van der Waals surface area contributed by atoms with Crippen molar-refractivity contribution in [3.63, 3.8) is 0 Å². The number of aliphatic hydroxyl groups excluding tert-OH is 1. The minimum Gasteiger partial charge on any atom is -0.756 e. The van der Waals surface area contributed by atoms with E-state index in [1.807, 2.05) is 21.1 Å². The molecule has 74 heavy (non-hydrogen) atoms. The third-order valence-corrected chi connectivity index (χ3v) is 16.5. The van der Waals surface area contributed by atoms with Crippen molar-refractivity contribution in [2.24, 2.45) is 0 Å². The summed E-state index contributed by atoms with van der Waals surface area (Å²) >= 11 is 0. The van der Waals surface area contributed by atoms with Gasteiger partial charge in [-0.15, -0.1) is 0 Å². The molecule has 0 aromatic heterocycles. The average molecular weight is 1070 g/mol. The van der Waals surface area contributed by atoms with Crippen LogP contribution in [0.1, 0.15) is 348 Å². The number of allylic oxidation sites excluding steroid dienone is 2. The molecule has 442 valence electrons. The van der Waals surface area contributed by atoms with Crippen LogP contribution in [-0.2, 0) is 18.4 Å². The van der Waals surface area contributed by atoms with Gasteiger partial charge < -0.3 is 28.8 Å². The number of hydrogen-bond acceptors (Lipinski definition) is 6. The van der Waals surface area contributed by atoms with E-state index >= 15 is 0 Å². The number of amides is 1. The van der Waals surface area contributed by atoms with E-state index in [-0.39, 0.29) is 19.1 Å². The van der Waals surface area contributed by atoms with Gasteiger partial charge in [-0.05, 0) is 38.5 Å². The Morgan fingerprint density at radius 1 is 0.459 bits per heavy atom. The highest BCUT2D eigenvalue weighted by Gasteiger charge is 2.24. The Hall–Kier alpha value is -0.760. The molecule has 1 amide bonds. The molecule has 0 aromatic carbocycles. The van der Waals surface area contributed by atoms with Crippen molar-refractivity contribution in [2.45, 2.75) is 360 Å². The van der Waals surface area contributed by atoms with E-state index in [1.54, 1.807) is 0 Å². The van der Waals surface area contributed by atoms with Gasteiger partial charge in [-0.25, -0.2) is 0 Å². The number of quaternary nitrogens is 1. The van der Waals surface area contributed by atoms with E-state index in [0.29, 0.717) is 23.9 Å². The van der Waals surface area contributed by atoms with Gasteiger partial charge in [0.2, 0.25) is 5.91 Å². The SMILES string of the molecule is CCCCCCCCCC/C=C\CCCCCCCCCCCCCC(=O)NC(COP(=O)([O-])OCC[N+](C)(C)C)C(O)CCCCCCCCCCCCCCCCCCCCCCCCCCCCCCC. The van der Waals surface area contributed by atoms with Gasteiger partial charge in [-0.3, -0.25) is 9.36 Å². The number of phosphoric acid groups is 1.